The molecule has 1 aromatic heterocycles. The summed E-state index contributed by atoms with van der Waals surface area (Å²) in [5, 5.41) is 80.0. The molecule has 14 nitrogen and oxygen atoms in total. The number of hydrogen-bond donors (Lipinski definition) is 10. The zero-order valence-electron chi connectivity index (χ0n) is 19.2. The van der Waals surface area contributed by atoms with E-state index in [9.17, 15) is 50.1 Å². The fourth-order valence-electron chi connectivity index (χ4n) is 3.20. The Balaban J connectivity index is 2.32. The van der Waals surface area contributed by atoms with Crippen molar-refractivity contribution < 1.29 is 55.2 Å². The second kappa shape index (κ2) is 15.2. The minimum atomic E-state index is -1.84. The molecular weight excluding hydrogens is 470 g/mol. The third-order valence-corrected chi connectivity index (χ3v) is 5.35. The highest BCUT2D eigenvalue weighted by Crippen LogP contribution is 2.21. The van der Waals surface area contributed by atoms with Gasteiger partial charge in [0.2, 0.25) is 11.8 Å². The summed E-state index contributed by atoms with van der Waals surface area (Å²) in [4.78, 5) is 35.4. The molecule has 200 valence electrons. The Hall–Kier alpha value is -2.91. The van der Waals surface area contributed by atoms with Crippen LogP contribution in [0.4, 0.5) is 0 Å². The van der Waals surface area contributed by atoms with E-state index in [1.807, 2.05) is 0 Å². The summed E-state index contributed by atoms with van der Waals surface area (Å²) in [6.45, 7) is -0.994. The van der Waals surface area contributed by atoms with E-state index in [1.54, 1.807) is 0 Å². The van der Waals surface area contributed by atoms with Gasteiger partial charge in [0.15, 0.2) is 11.8 Å². The number of carboxylic acids is 1. The molecule has 10 N–H and O–H groups in total. The molecule has 1 heterocycles. The van der Waals surface area contributed by atoms with Gasteiger partial charge in [0, 0.05) is 38.1 Å². The van der Waals surface area contributed by atoms with Crippen molar-refractivity contribution in [2.24, 2.45) is 0 Å². The number of aliphatic hydroxyl groups is 5. The van der Waals surface area contributed by atoms with Gasteiger partial charge < -0.3 is 51.5 Å². The summed E-state index contributed by atoms with van der Waals surface area (Å²) in [5.74, 6) is -2.67. The van der Waals surface area contributed by atoms with Crippen molar-refractivity contribution in [1.82, 2.24) is 15.2 Å². The molecule has 0 saturated heterocycles. The van der Waals surface area contributed by atoms with Crippen LogP contribution in [0.25, 0.3) is 0 Å². The van der Waals surface area contributed by atoms with Gasteiger partial charge in [-0.3, -0.25) is 14.2 Å². The van der Waals surface area contributed by atoms with Crippen molar-refractivity contribution in [1.29, 1.82) is 0 Å². The first-order valence-corrected chi connectivity index (χ1v) is 11.2. The predicted octanol–water partition coefficient (Wildman–Crippen LogP) is -2.64. The highest BCUT2D eigenvalue weighted by molar-refractivity contribution is 5.84. The van der Waals surface area contributed by atoms with Gasteiger partial charge in [-0.1, -0.05) is 6.42 Å². The van der Waals surface area contributed by atoms with Crippen LogP contribution in [0.3, 0.4) is 0 Å². The smallest absolute Gasteiger partial charge is 0.326 e. The number of rotatable bonds is 17. The molecule has 1 rings (SSSR count). The van der Waals surface area contributed by atoms with Crippen LogP contribution < -0.4 is 10.6 Å². The highest BCUT2D eigenvalue weighted by atomic mass is 16.4. The van der Waals surface area contributed by atoms with Crippen molar-refractivity contribution in [3.8, 4) is 11.8 Å². The first-order chi connectivity index (χ1) is 16.5. The number of amides is 2. The summed E-state index contributed by atoms with van der Waals surface area (Å²) in [7, 11) is 0. The van der Waals surface area contributed by atoms with Gasteiger partial charge in [-0.2, -0.15) is 0 Å². The van der Waals surface area contributed by atoms with Gasteiger partial charge in [0.25, 0.3) is 0 Å². The topological polar surface area (TPSA) is 242 Å². The number of nitrogens with zero attached hydrogens (tertiary/aromatic N) is 1. The van der Waals surface area contributed by atoms with E-state index in [4.69, 9.17) is 5.11 Å². The maximum atomic E-state index is 12.1. The molecule has 0 bridgehead atoms. The van der Waals surface area contributed by atoms with Gasteiger partial charge in [0.05, 0.1) is 12.7 Å². The summed E-state index contributed by atoms with van der Waals surface area (Å²) in [6, 6.07) is 1.39. The van der Waals surface area contributed by atoms with Gasteiger partial charge >= 0.3 is 5.97 Å². The summed E-state index contributed by atoms with van der Waals surface area (Å²) < 4.78 is 1.31. The quantitative estimate of drug-likeness (QED) is 0.0981. The normalized spacial score (nSPS) is 15.6. The summed E-state index contributed by atoms with van der Waals surface area (Å²) >= 11 is 0. The maximum absolute atomic E-state index is 12.1. The predicted molar refractivity (Wildman–Crippen MR) is 119 cm³/mol. The summed E-state index contributed by atoms with van der Waals surface area (Å²) in [5.41, 5.74) is 0. The molecule has 14 heteroatoms. The van der Waals surface area contributed by atoms with Crippen molar-refractivity contribution in [2.75, 3.05) is 13.2 Å². The standard InChI is InChI=1S/C21H35N3O11/c25-11-14(27)20(33)19(32)13(26)10-22-15(28)6-5-12(21(34)35)23-16(29)4-2-1-3-9-24-17(30)7-8-18(24)31/h7-8,12-14,19-20,25-27,30-33H,1-6,9-11H2,(H,22,28)(H,23,29)(H,34,35)/t12-,13-,14+,19+,20+/m0/s1. The second-order valence-corrected chi connectivity index (χ2v) is 8.11. The van der Waals surface area contributed by atoms with E-state index >= 15 is 0 Å². The molecule has 0 spiro atoms. The lowest BCUT2D eigenvalue weighted by Gasteiger charge is -2.25. The number of carbonyl (C=O) groups excluding carboxylic acids is 2. The van der Waals surface area contributed by atoms with E-state index in [0.717, 1.165) is 0 Å². The van der Waals surface area contributed by atoms with Gasteiger partial charge in [0.1, 0.15) is 24.4 Å². The zero-order chi connectivity index (χ0) is 26.5. The first-order valence-electron chi connectivity index (χ1n) is 11.2. The number of aliphatic hydroxyl groups excluding tert-OH is 5. The molecule has 0 aliphatic heterocycles. The number of carbonyl (C=O) groups is 3. The molecule has 1 aromatic rings. The van der Waals surface area contributed by atoms with E-state index in [-0.39, 0.29) is 31.0 Å². The third-order valence-electron chi connectivity index (χ3n) is 5.35. The van der Waals surface area contributed by atoms with Crippen LogP contribution in [0.2, 0.25) is 0 Å². The molecular formula is C21H35N3O11. The highest BCUT2D eigenvalue weighted by Gasteiger charge is 2.30. The Morgan fingerprint density at radius 2 is 1.46 bits per heavy atom. The molecule has 35 heavy (non-hydrogen) atoms. The van der Waals surface area contributed by atoms with Gasteiger partial charge in [-0.25, -0.2) is 4.79 Å². The molecule has 0 aliphatic carbocycles. The third kappa shape index (κ3) is 10.5. The number of aromatic nitrogens is 1. The number of carboxylic acid groups (broad SMARTS) is 1. The second-order valence-electron chi connectivity index (χ2n) is 8.11. The number of unbranched alkanes of at least 4 members (excludes halogenated alkanes) is 2. The minimum Gasteiger partial charge on any atom is -0.494 e. The van der Waals surface area contributed by atoms with Gasteiger partial charge in [-0.15, -0.1) is 0 Å². The van der Waals surface area contributed by atoms with Gasteiger partial charge in [-0.05, 0) is 19.3 Å². The Bertz CT molecular complexity index is 797. The minimum absolute atomic E-state index is 0.0473. The largest absolute Gasteiger partial charge is 0.494 e. The van der Waals surface area contributed by atoms with Crippen molar-refractivity contribution in [3.63, 3.8) is 0 Å². The van der Waals surface area contributed by atoms with Crippen molar-refractivity contribution in [2.45, 2.75) is 75.5 Å². The first kappa shape index (κ1) is 30.1. The van der Waals surface area contributed by atoms with E-state index < -0.39 is 61.4 Å². The Morgan fingerprint density at radius 3 is 2.03 bits per heavy atom. The Labute approximate surface area is 201 Å². The molecule has 0 radical (unpaired) electrons. The van der Waals surface area contributed by atoms with Crippen LogP contribution >= 0.6 is 0 Å². The van der Waals surface area contributed by atoms with Crippen LogP contribution in [-0.2, 0) is 20.9 Å². The van der Waals surface area contributed by atoms with E-state index in [2.05, 4.69) is 10.6 Å². The lowest BCUT2D eigenvalue weighted by molar-refractivity contribution is -0.142. The molecule has 2 amide bonds. The lowest BCUT2D eigenvalue weighted by Crippen LogP contribution is -2.49. The summed E-state index contributed by atoms with van der Waals surface area (Å²) in [6.07, 6.45) is -5.92. The zero-order valence-corrected chi connectivity index (χ0v) is 19.2. The molecule has 5 atom stereocenters. The molecule has 0 aliphatic rings. The average molecular weight is 506 g/mol. The Kier molecular flexibility index (Phi) is 13.0. The van der Waals surface area contributed by atoms with Crippen LogP contribution in [0.15, 0.2) is 12.1 Å². The van der Waals surface area contributed by atoms with Crippen LogP contribution in [0.1, 0.15) is 38.5 Å². The fraction of sp³-hybridized carbons (Fsp3) is 0.667. The van der Waals surface area contributed by atoms with E-state index in [1.165, 1.54) is 16.7 Å². The SMILES string of the molecule is O=C(CC[C@H](NC(=O)CCCCCn1c(O)ccc1O)C(=O)O)NC[C@H](O)[C@@H](O)[C@H](O)[C@H](O)CO. The lowest BCUT2D eigenvalue weighted by atomic mass is 10.0. The number of aromatic hydroxyl groups is 2. The van der Waals surface area contributed by atoms with Crippen LogP contribution in [0.5, 0.6) is 11.8 Å². The fourth-order valence-corrected chi connectivity index (χ4v) is 3.20. The number of aliphatic carboxylic acids is 1. The maximum Gasteiger partial charge on any atom is 0.326 e. The number of hydrogen-bond acceptors (Lipinski definition) is 10. The Morgan fingerprint density at radius 1 is 0.857 bits per heavy atom. The molecule has 0 fully saturated rings. The average Bonchev–Trinajstić information content (AvgIpc) is 3.15. The monoisotopic (exact) mass is 505 g/mol. The van der Waals surface area contributed by atoms with Crippen molar-refractivity contribution >= 4 is 17.8 Å². The van der Waals surface area contributed by atoms with Crippen LogP contribution in [0, 0.1) is 0 Å². The molecule has 0 aromatic carbocycles. The van der Waals surface area contributed by atoms with E-state index in [0.29, 0.717) is 25.8 Å². The van der Waals surface area contributed by atoms with Crippen molar-refractivity contribution in [3.05, 3.63) is 12.1 Å². The number of nitrogens with one attached hydrogen (secondary N) is 2. The van der Waals surface area contributed by atoms with Crippen LogP contribution in [-0.4, -0.2) is 107 Å². The molecule has 0 saturated carbocycles. The molecule has 0 unspecified atom stereocenters.